The molecular formula is C30H22N2O4. The molecule has 1 unspecified atom stereocenters. The first kappa shape index (κ1) is 20.8. The summed E-state index contributed by atoms with van der Waals surface area (Å²) in [4.78, 5) is 28.4. The van der Waals surface area contributed by atoms with Crippen LogP contribution in [0.4, 0.5) is 5.69 Å². The normalized spacial score (nSPS) is 18.0. The van der Waals surface area contributed by atoms with Gasteiger partial charge in [0, 0.05) is 24.4 Å². The van der Waals surface area contributed by atoms with Gasteiger partial charge in [0.25, 0.3) is 0 Å². The SMILES string of the molecule is Cn1c(=O)oc2cc3c(cc21)C1(CO3)C(=O)N(Cc2ccccc2-c2ccccc2)c2ccccc21. The maximum atomic E-state index is 14.4. The van der Waals surface area contributed by atoms with Gasteiger partial charge in [-0.05, 0) is 34.4 Å². The minimum atomic E-state index is -0.977. The van der Waals surface area contributed by atoms with Crippen molar-refractivity contribution in [3.8, 4) is 16.9 Å². The molecule has 6 nitrogen and oxygen atoms in total. The van der Waals surface area contributed by atoms with Crippen molar-refractivity contribution in [2.24, 2.45) is 7.05 Å². The molecular weight excluding hydrogens is 452 g/mol. The van der Waals surface area contributed by atoms with E-state index in [4.69, 9.17) is 9.15 Å². The third-order valence-corrected chi connectivity index (χ3v) is 7.49. The van der Waals surface area contributed by atoms with Crippen LogP contribution in [-0.2, 0) is 23.8 Å². The van der Waals surface area contributed by atoms with Gasteiger partial charge in [-0.2, -0.15) is 0 Å². The van der Waals surface area contributed by atoms with Crippen LogP contribution >= 0.6 is 0 Å². The molecule has 7 rings (SSSR count). The summed E-state index contributed by atoms with van der Waals surface area (Å²) in [5.41, 5.74) is 5.95. The van der Waals surface area contributed by atoms with Gasteiger partial charge in [0.1, 0.15) is 17.8 Å². The Morgan fingerprint density at radius 3 is 2.47 bits per heavy atom. The quantitative estimate of drug-likeness (QED) is 0.368. The van der Waals surface area contributed by atoms with Crippen molar-refractivity contribution >= 4 is 22.7 Å². The Morgan fingerprint density at radius 2 is 1.61 bits per heavy atom. The number of anilines is 1. The summed E-state index contributed by atoms with van der Waals surface area (Å²) < 4.78 is 12.9. The standard InChI is InChI=1S/C30H22N2O4/c1-31-25-15-23-26(16-27(25)36-29(31)34)35-18-30(23)22-13-7-8-14-24(22)32(28(30)33)17-20-11-5-6-12-21(20)19-9-3-2-4-10-19/h2-16H,17-18H2,1H3. The highest BCUT2D eigenvalue weighted by molar-refractivity contribution is 6.12. The highest BCUT2D eigenvalue weighted by atomic mass is 16.5. The predicted octanol–water partition coefficient (Wildman–Crippen LogP) is 5.02. The van der Waals surface area contributed by atoms with E-state index in [0.717, 1.165) is 33.5 Å². The molecule has 0 N–H and O–H groups in total. The highest BCUT2D eigenvalue weighted by Crippen LogP contribution is 2.53. The van der Waals surface area contributed by atoms with Crippen molar-refractivity contribution in [3.05, 3.63) is 118 Å². The molecule has 36 heavy (non-hydrogen) atoms. The average molecular weight is 475 g/mol. The number of hydrogen-bond donors (Lipinski definition) is 0. The minimum absolute atomic E-state index is 0.0295. The van der Waals surface area contributed by atoms with Crippen LogP contribution in [0.3, 0.4) is 0 Å². The van der Waals surface area contributed by atoms with Crippen LogP contribution in [-0.4, -0.2) is 17.1 Å². The van der Waals surface area contributed by atoms with Crippen molar-refractivity contribution in [2.45, 2.75) is 12.0 Å². The van der Waals surface area contributed by atoms with E-state index >= 15 is 0 Å². The van der Waals surface area contributed by atoms with E-state index in [1.54, 1.807) is 13.1 Å². The monoisotopic (exact) mass is 474 g/mol. The number of rotatable bonds is 3. The van der Waals surface area contributed by atoms with Gasteiger partial charge in [-0.15, -0.1) is 0 Å². The Kier molecular flexibility index (Phi) is 4.30. The van der Waals surface area contributed by atoms with Gasteiger partial charge in [-0.3, -0.25) is 9.36 Å². The number of amides is 1. The summed E-state index contributed by atoms with van der Waals surface area (Å²) in [6, 6.07) is 29.9. The van der Waals surface area contributed by atoms with Crippen LogP contribution in [0.5, 0.6) is 5.75 Å². The topological polar surface area (TPSA) is 64.7 Å². The third-order valence-electron chi connectivity index (χ3n) is 7.49. The Bertz CT molecular complexity index is 1730. The number of aromatic nitrogens is 1. The Morgan fingerprint density at radius 1 is 0.861 bits per heavy atom. The Hall–Kier alpha value is -4.58. The van der Waals surface area contributed by atoms with Gasteiger partial charge >= 0.3 is 5.76 Å². The van der Waals surface area contributed by atoms with Crippen LogP contribution in [0.25, 0.3) is 22.2 Å². The molecule has 1 atom stereocenters. The van der Waals surface area contributed by atoms with E-state index in [9.17, 15) is 9.59 Å². The van der Waals surface area contributed by atoms with E-state index in [2.05, 4.69) is 24.3 Å². The fourth-order valence-corrected chi connectivity index (χ4v) is 5.68. The lowest BCUT2D eigenvalue weighted by Gasteiger charge is -2.24. The fourth-order valence-electron chi connectivity index (χ4n) is 5.68. The largest absolute Gasteiger partial charge is 0.491 e. The van der Waals surface area contributed by atoms with Crippen molar-refractivity contribution in [1.29, 1.82) is 0 Å². The third kappa shape index (κ3) is 2.72. The first-order valence-corrected chi connectivity index (χ1v) is 11.9. The first-order valence-electron chi connectivity index (χ1n) is 11.9. The molecule has 5 aromatic rings. The van der Waals surface area contributed by atoms with Crippen LogP contribution in [0, 0.1) is 0 Å². The zero-order chi connectivity index (χ0) is 24.4. The van der Waals surface area contributed by atoms with Gasteiger partial charge in [0.15, 0.2) is 5.58 Å². The average Bonchev–Trinajstić information content (AvgIpc) is 3.51. The van der Waals surface area contributed by atoms with E-state index < -0.39 is 11.2 Å². The molecule has 0 bridgehead atoms. The number of ether oxygens (including phenoxy) is 1. The number of hydrogen-bond acceptors (Lipinski definition) is 4. The number of aryl methyl sites for hydroxylation is 1. The molecule has 3 heterocycles. The summed E-state index contributed by atoms with van der Waals surface area (Å²) >= 11 is 0. The second-order valence-electron chi connectivity index (χ2n) is 9.37. The minimum Gasteiger partial charge on any atom is -0.491 e. The van der Waals surface area contributed by atoms with Gasteiger partial charge < -0.3 is 14.1 Å². The second kappa shape index (κ2) is 7.46. The fraction of sp³-hybridized carbons (Fsp3) is 0.133. The highest BCUT2D eigenvalue weighted by Gasteiger charge is 2.57. The first-order chi connectivity index (χ1) is 17.6. The number of oxazole rings is 1. The number of para-hydroxylation sites is 1. The Balaban J connectivity index is 1.38. The molecule has 1 spiro atoms. The molecule has 6 heteroatoms. The van der Waals surface area contributed by atoms with Gasteiger partial charge in [-0.1, -0.05) is 72.8 Å². The maximum absolute atomic E-state index is 14.4. The summed E-state index contributed by atoms with van der Waals surface area (Å²) in [6.45, 7) is 0.639. The molecule has 0 saturated heterocycles. The molecule has 176 valence electrons. The van der Waals surface area contributed by atoms with Gasteiger partial charge in [0.05, 0.1) is 12.1 Å². The van der Waals surface area contributed by atoms with E-state index in [-0.39, 0.29) is 12.5 Å². The lowest BCUT2D eigenvalue weighted by atomic mass is 9.77. The predicted molar refractivity (Wildman–Crippen MR) is 137 cm³/mol. The molecule has 1 amide bonds. The zero-order valence-corrected chi connectivity index (χ0v) is 19.6. The number of carbonyl (C=O) groups excluding carboxylic acids is 1. The summed E-state index contributed by atoms with van der Waals surface area (Å²) in [7, 11) is 1.67. The molecule has 4 aromatic carbocycles. The number of nitrogens with zero attached hydrogens (tertiary/aromatic N) is 2. The molecule has 0 aliphatic carbocycles. The molecule has 2 aliphatic rings. The van der Waals surface area contributed by atoms with Crippen LogP contribution in [0.15, 0.2) is 100 Å². The number of benzene rings is 4. The van der Waals surface area contributed by atoms with Gasteiger partial charge in [0.2, 0.25) is 5.91 Å². The van der Waals surface area contributed by atoms with Crippen LogP contribution in [0.1, 0.15) is 16.7 Å². The molecule has 0 fully saturated rings. The number of fused-ring (bicyclic) bond motifs is 5. The zero-order valence-electron chi connectivity index (χ0n) is 19.6. The van der Waals surface area contributed by atoms with Crippen molar-refractivity contribution in [2.75, 3.05) is 11.5 Å². The lowest BCUT2D eigenvalue weighted by Crippen LogP contribution is -2.42. The molecule has 0 saturated carbocycles. The van der Waals surface area contributed by atoms with E-state index in [0.29, 0.717) is 23.4 Å². The summed E-state index contributed by atoms with van der Waals surface area (Å²) in [6.07, 6.45) is 0. The molecule has 0 radical (unpaired) electrons. The number of carbonyl (C=O) groups is 1. The smallest absolute Gasteiger partial charge is 0.419 e. The molecule has 1 aromatic heterocycles. The summed E-state index contributed by atoms with van der Waals surface area (Å²) in [5, 5.41) is 0. The van der Waals surface area contributed by atoms with Crippen molar-refractivity contribution in [1.82, 2.24) is 4.57 Å². The van der Waals surface area contributed by atoms with Crippen molar-refractivity contribution in [3.63, 3.8) is 0 Å². The van der Waals surface area contributed by atoms with Crippen molar-refractivity contribution < 1.29 is 13.9 Å². The maximum Gasteiger partial charge on any atom is 0.419 e. The summed E-state index contributed by atoms with van der Waals surface area (Å²) in [5.74, 6) is 0.102. The van der Waals surface area contributed by atoms with Crippen LogP contribution in [0.2, 0.25) is 0 Å². The van der Waals surface area contributed by atoms with E-state index in [1.807, 2.05) is 65.6 Å². The lowest BCUT2D eigenvalue weighted by molar-refractivity contribution is -0.122. The second-order valence-corrected chi connectivity index (χ2v) is 9.37. The van der Waals surface area contributed by atoms with E-state index in [1.165, 1.54) is 4.57 Å². The van der Waals surface area contributed by atoms with Gasteiger partial charge in [-0.25, -0.2) is 4.79 Å². The van der Waals surface area contributed by atoms with Crippen LogP contribution < -0.4 is 15.4 Å². The molecule has 2 aliphatic heterocycles. The Labute approximate surface area is 207 Å².